The number of nitrogens with two attached hydrogens (primary N) is 1. The Bertz CT molecular complexity index is 1610. The van der Waals surface area contributed by atoms with Crippen LogP contribution in [-0.4, -0.2) is 32.5 Å². The predicted octanol–water partition coefficient (Wildman–Crippen LogP) is 8.56. The second-order valence-electron chi connectivity index (χ2n) is 9.38. The van der Waals surface area contributed by atoms with E-state index in [9.17, 15) is 0 Å². The maximum Gasteiger partial charge on any atom is 0.161 e. The number of hydrogen-bond donors (Lipinski definition) is 2. The Morgan fingerprint density at radius 2 is 1.14 bits per heavy atom. The molecule has 5 aromatic carbocycles. The number of nitrogen functional groups attached to an aromatic ring is 1. The van der Waals surface area contributed by atoms with Crippen LogP contribution in [0.25, 0.3) is 22.3 Å². The van der Waals surface area contributed by atoms with E-state index < -0.39 is 0 Å². The first kappa shape index (κ1) is 32.4. The first-order valence-electron chi connectivity index (χ1n) is 14.5. The summed E-state index contributed by atoms with van der Waals surface area (Å²) in [7, 11) is 3.75. The first-order chi connectivity index (χ1) is 21.1. The SMILES string of the molecule is C=NC(=NC(=NCc1ccccc1)c1ccccc1)c1cc(-c2ccccc2)cc(-c2cccc(N)c2)c1.CC.CNC. The van der Waals surface area contributed by atoms with Gasteiger partial charge in [-0.05, 0) is 79.0 Å². The minimum absolute atomic E-state index is 0.503. The third-order valence-electron chi connectivity index (χ3n) is 6.17. The number of benzene rings is 5. The second-order valence-corrected chi connectivity index (χ2v) is 9.38. The van der Waals surface area contributed by atoms with Gasteiger partial charge in [-0.3, -0.25) is 4.99 Å². The number of hydrogen-bond acceptors (Lipinski definition) is 3. The van der Waals surface area contributed by atoms with Crippen LogP contribution in [-0.2, 0) is 6.54 Å². The third kappa shape index (κ3) is 9.73. The van der Waals surface area contributed by atoms with Gasteiger partial charge in [0, 0.05) is 16.8 Å². The molecule has 0 aliphatic carbocycles. The minimum Gasteiger partial charge on any atom is -0.399 e. The standard InChI is InChI=1S/C34H28N4.C2H7N.C2H6/c1-36-33(38-34(27-16-9-4-10-17-27)37-24-25-12-5-2-6-13-25)31-21-29(26-14-7-3-8-15-26)20-30(22-31)28-18-11-19-32(35)23-28;1-3-2;1-2/h2-23H,1,24,35H2;3H,1-2H3;1-2H3. The molecule has 0 saturated carbocycles. The predicted molar refractivity (Wildman–Crippen MR) is 187 cm³/mol. The Morgan fingerprint density at radius 1 is 0.605 bits per heavy atom. The smallest absolute Gasteiger partial charge is 0.161 e. The topological polar surface area (TPSA) is 75.1 Å². The quantitative estimate of drug-likeness (QED) is 0.123. The molecule has 0 amide bonds. The summed E-state index contributed by atoms with van der Waals surface area (Å²) in [4.78, 5) is 14.2. The summed E-state index contributed by atoms with van der Waals surface area (Å²) >= 11 is 0. The molecule has 0 aliphatic rings. The molecule has 0 unspecified atom stereocenters. The average Bonchev–Trinajstić information content (AvgIpc) is 3.07. The molecule has 43 heavy (non-hydrogen) atoms. The zero-order chi connectivity index (χ0) is 30.9. The van der Waals surface area contributed by atoms with Crippen LogP contribution >= 0.6 is 0 Å². The lowest BCUT2D eigenvalue weighted by Gasteiger charge is -2.12. The van der Waals surface area contributed by atoms with Crippen molar-refractivity contribution in [1.29, 1.82) is 0 Å². The Balaban J connectivity index is 0.000000953. The fourth-order valence-electron chi connectivity index (χ4n) is 4.26. The van der Waals surface area contributed by atoms with Crippen LogP contribution in [0.2, 0.25) is 0 Å². The second kappa shape index (κ2) is 17.6. The Hall–Kier alpha value is -5.13. The Morgan fingerprint density at radius 3 is 1.72 bits per heavy atom. The fourth-order valence-corrected chi connectivity index (χ4v) is 4.26. The van der Waals surface area contributed by atoms with Crippen molar-refractivity contribution in [2.75, 3.05) is 19.8 Å². The number of anilines is 1. The van der Waals surface area contributed by atoms with Gasteiger partial charge in [0.05, 0.1) is 6.54 Å². The summed E-state index contributed by atoms with van der Waals surface area (Å²) in [5, 5.41) is 2.75. The molecule has 5 aromatic rings. The van der Waals surface area contributed by atoms with Crippen LogP contribution in [0.5, 0.6) is 0 Å². The van der Waals surface area contributed by atoms with Crippen molar-refractivity contribution in [3.63, 3.8) is 0 Å². The van der Waals surface area contributed by atoms with Gasteiger partial charge < -0.3 is 11.1 Å². The number of aliphatic imine (C=N–C) groups is 3. The third-order valence-corrected chi connectivity index (χ3v) is 6.17. The van der Waals surface area contributed by atoms with E-state index in [-0.39, 0.29) is 0 Å². The largest absolute Gasteiger partial charge is 0.399 e. The van der Waals surface area contributed by atoms with Crippen LogP contribution < -0.4 is 11.1 Å². The van der Waals surface area contributed by atoms with Crippen molar-refractivity contribution in [1.82, 2.24) is 5.32 Å². The normalized spacial score (nSPS) is 11.0. The van der Waals surface area contributed by atoms with Crippen molar-refractivity contribution >= 4 is 24.1 Å². The summed E-state index contributed by atoms with van der Waals surface area (Å²) in [5.41, 5.74) is 13.9. The molecule has 0 bridgehead atoms. The Labute approximate surface area is 256 Å². The van der Waals surface area contributed by atoms with Gasteiger partial charge in [0.2, 0.25) is 0 Å². The number of nitrogens with zero attached hydrogens (tertiary/aromatic N) is 3. The van der Waals surface area contributed by atoms with E-state index >= 15 is 0 Å². The van der Waals surface area contributed by atoms with Gasteiger partial charge >= 0.3 is 0 Å². The van der Waals surface area contributed by atoms with Crippen LogP contribution in [0.4, 0.5) is 5.69 Å². The van der Waals surface area contributed by atoms with E-state index in [0.717, 1.165) is 38.9 Å². The molecule has 0 aliphatic heterocycles. The molecular formula is C38H41N5. The van der Waals surface area contributed by atoms with E-state index in [1.165, 1.54) is 0 Å². The number of amidine groups is 2. The highest BCUT2D eigenvalue weighted by atomic mass is 15.0. The highest BCUT2D eigenvalue weighted by Crippen LogP contribution is 2.30. The van der Waals surface area contributed by atoms with E-state index in [2.05, 4.69) is 65.6 Å². The van der Waals surface area contributed by atoms with Crippen molar-refractivity contribution in [3.05, 3.63) is 150 Å². The molecule has 0 saturated heterocycles. The summed E-state index contributed by atoms with van der Waals surface area (Å²) < 4.78 is 0. The molecule has 5 nitrogen and oxygen atoms in total. The van der Waals surface area contributed by atoms with Crippen molar-refractivity contribution in [3.8, 4) is 22.3 Å². The maximum atomic E-state index is 6.11. The lowest BCUT2D eigenvalue weighted by Crippen LogP contribution is -2.06. The Kier molecular flexibility index (Phi) is 13.3. The lowest BCUT2D eigenvalue weighted by atomic mass is 9.95. The summed E-state index contributed by atoms with van der Waals surface area (Å²) in [6, 6.07) is 44.6. The van der Waals surface area contributed by atoms with Gasteiger partial charge in [-0.2, -0.15) is 0 Å². The minimum atomic E-state index is 0.503. The molecule has 5 heteroatoms. The van der Waals surface area contributed by atoms with Crippen LogP contribution in [0.15, 0.2) is 148 Å². The van der Waals surface area contributed by atoms with Gasteiger partial charge in [0.15, 0.2) is 11.7 Å². The van der Waals surface area contributed by atoms with E-state index in [0.29, 0.717) is 23.9 Å². The molecule has 218 valence electrons. The first-order valence-corrected chi connectivity index (χ1v) is 14.5. The van der Waals surface area contributed by atoms with Gasteiger partial charge in [0.1, 0.15) is 0 Å². The molecule has 0 aromatic heterocycles. The molecule has 5 rings (SSSR count). The zero-order valence-electron chi connectivity index (χ0n) is 25.5. The maximum absolute atomic E-state index is 6.11. The van der Waals surface area contributed by atoms with E-state index in [1.54, 1.807) is 0 Å². The van der Waals surface area contributed by atoms with Gasteiger partial charge in [-0.15, -0.1) is 0 Å². The monoisotopic (exact) mass is 567 g/mol. The molecule has 3 N–H and O–H groups in total. The highest BCUT2D eigenvalue weighted by molar-refractivity contribution is 6.13. The van der Waals surface area contributed by atoms with Crippen LogP contribution in [0, 0.1) is 0 Å². The van der Waals surface area contributed by atoms with Gasteiger partial charge in [-0.25, -0.2) is 9.98 Å². The molecule has 0 radical (unpaired) electrons. The zero-order valence-corrected chi connectivity index (χ0v) is 25.5. The molecule has 0 atom stereocenters. The van der Waals surface area contributed by atoms with Crippen LogP contribution in [0.1, 0.15) is 30.5 Å². The molecule has 0 fully saturated rings. The fraction of sp³-hybridized carbons (Fsp3) is 0.132. The van der Waals surface area contributed by atoms with Crippen molar-refractivity contribution in [2.45, 2.75) is 20.4 Å². The van der Waals surface area contributed by atoms with Crippen molar-refractivity contribution in [2.24, 2.45) is 15.0 Å². The summed E-state index contributed by atoms with van der Waals surface area (Å²) in [6.45, 7) is 8.38. The van der Waals surface area contributed by atoms with Crippen molar-refractivity contribution < 1.29 is 0 Å². The molecule has 0 spiro atoms. The average molecular weight is 568 g/mol. The lowest BCUT2D eigenvalue weighted by molar-refractivity contribution is 1.02. The molecular weight excluding hydrogens is 526 g/mol. The highest BCUT2D eigenvalue weighted by Gasteiger charge is 2.12. The van der Waals surface area contributed by atoms with Crippen LogP contribution in [0.3, 0.4) is 0 Å². The van der Waals surface area contributed by atoms with Gasteiger partial charge in [-0.1, -0.05) is 117 Å². The molecule has 0 heterocycles. The number of rotatable bonds is 6. The van der Waals surface area contributed by atoms with E-state index in [4.69, 9.17) is 15.7 Å². The summed E-state index contributed by atoms with van der Waals surface area (Å²) in [5.74, 6) is 1.11. The van der Waals surface area contributed by atoms with E-state index in [1.807, 2.05) is 113 Å². The van der Waals surface area contributed by atoms with Gasteiger partial charge in [0.25, 0.3) is 0 Å². The number of nitrogens with one attached hydrogen (secondary N) is 1. The summed E-state index contributed by atoms with van der Waals surface area (Å²) in [6.07, 6.45) is 0.